The van der Waals surface area contributed by atoms with E-state index in [0.717, 1.165) is 31.8 Å². The van der Waals surface area contributed by atoms with Crippen molar-refractivity contribution in [3.8, 4) is 0 Å². The van der Waals surface area contributed by atoms with Crippen molar-refractivity contribution >= 4 is 22.1 Å². The van der Waals surface area contributed by atoms with Crippen LogP contribution in [0.1, 0.15) is 42.9 Å². The summed E-state index contributed by atoms with van der Waals surface area (Å²) in [5.41, 5.74) is 2.46. The van der Waals surface area contributed by atoms with Gasteiger partial charge in [-0.3, -0.25) is 13.9 Å². The molecule has 1 fully saturated rings. The molecular weight excluding hydrogens is 348 g/mol. The number of fused-ring (bicyclic) bond motifs is 1. The van der Waals surface area contributed by atoms with Crippen LogP contribution < -0.4 is 0 Å². The van der Waals surface area contributed by atoms with Crippen LogP contribution in [-0.4, -0.2) is 48.0 Å². The molecule has 3 aromatic heterocycles. The number of hydrogen-bond acceptors (Lipinski definition) is 5. The Morgan fingerprint density at radius 2 is 2.12 bits per heavy atom. The maximum Gasteiger partial charge on any atom is 0.227 e. The first-order valence-corrected chi connectivity index (χ1v) is 9.96. The summed E-state index contributed by atoms with van der Waals surface area (Å²) in [6.07, 6.45) is 5.11. The van der Waals surface area contributed by atoms with Crippen molar-refractivity contribution in [1.82, 2.24) is 29.0 Å². The highest BCUT2D eigenvalue weighted by molar-refractivity contribution is 7.15. The van der Waals surface area contributed by atoms with Crippen molar-refractivity contribution in [3.63, 3.8) is 0 Å². The van der Waals surface area contributed by atoms with Crippen molar-refractivity contribution in [2.75, 3.05) is 13.1 Å². The van der Waals surface area contributed by atoms with Crippen molar-refractivity contribution in [2.24, 2.45) is 5.92 Å². The fourth-order valence-corrected chi connectivity index (χ4v) is 4.99. The second kappa shape index (κ2) is 6.83. The first-order chi connectivity index (χ1) is 12.5. The molecule has 0 saturated carbocycles. The Labute approximate surface area is 156 Å². The third kappa shape index (κ3) is 3.02. The van der Waals surface area contributed by atoms with E-state index >= 15 is 0 Å². The SMILES string of the molecule is Cc1csc2c(C3CCN(C(=O)[C@H](C)Cn4cncn4)CC3)nc(C)n12. The standard InChI is InChI=1S/C18H24N6OS/c1-12(8-23-11-19-10-20-23)17(25)22-6-4-15(5-7-22)16-18-24(14(3)21-16)13(2)9-26-18/h9-12,15H,4-8H2,1-3H3/t12-/m1/s1. The molecule has 7 nitrogen and oxygen atoms in total. The number of thiazole rings is 1. The lowest BCUT2D eigenvalue weighted by Gasteiger charge is -2.33. The molecule has 0 unspecified atom stereocenters. The predicted molar refractivity (Wildman–Crippen MR) is 100 cm³/mol. The van der Waals surface area contributed by atoms with Gasteiger partial charge in [0.05, 0.1) is 18.2 Å². The van der Waals surface area contributed by atoms with Gasteiger partial charge in [-0.05, 0) is 26.7 Å². The highest BCUT2D eigenvalue weighted by Crippen LogP contribution is 2.34. The number of piperidine rings is 1. The molecule has 1 amide bonds. The van der Waals surface area contributed by atoms with E-state index in [1.54, 1.807) is 22.3 Å². The molecular formula is C18H24N6OS. The number of aromatic nitrogens is 5. The molecule has 4 rings (SSSR count). The lowest BCUT2D eigenvalue weighted by atomic mass is 9.93. The molecule has 0 aromatic carbocycles. The third-order valence-electron chi connectivity index (χ3n) is 5.26. The van der Waals surface area contributed by atoms with E-state index in [9.17, 15) is 4.79 Å². The maximum absolute atomic E-state index is 12.7. The van der Waals surface area contributed by atoms with Gasteiger partial charge >= 0.3 is 0 Å². The summed E-state index contributed by atoms with van der Waals surface area (Å²) in [4.78, 5) is 24.8. The Bertz CT molecular complexity index is 904. The van der Waals surface area contributed by atoms with Crippen LogP contribution in [0.3, 0.4) is 0 Å². The van der Waals surface area contributed by atoms with Gasteiger partial charge in [-0.1, -0.05) is 6.92 Å². The van der Waals surface area contributed by atoms with Crippen LogP contribution in [0.4, 0.5) is 0 Å². The lowest BCUT2D eigenvalue weighted by molar-refractivity contribution is -0.136. The Morgan fingerprint density at radius 3 is 2.81 bits per heavy atom. The summed E-state index contributed by atoms with van der Waals surface area (Å²) in [7, 11) is 0. The van der Waals surface area contributed by atoms with Crippen molar-refractivity contribution in [2.45, 2.75) is 46.1 Å². The first kappa shape index (κ1) is 17.2. The van der Waals surface area contributed by atoms with Crippen molar-refractivity contribution in [3.05, 3.63) is 35.2 Å². The fraction of sp³-hybridized carbons (Fsp3) is 0.556. The Hall–Kier alpha value is -2.22. The Morgan fingerprint density at radius 1 is 1.35 bits per heavy atom. The Kier molecular flexibility index (Phi) is 4.52. The molecule has 8 heteroatoms. The number of nitrogens with zero attached hydrogens (tertiary/aromatic N) is 6. The number of likely N-dealkylation sites (tertiary alicyclic amines) is 1. The van der Waals surface area contributed by atoms with Gasteiger partial charge in [0, 0.05) is 30.1 Å². The predicted octanol–water partition coefficient (Wildman–Crippen LogP) is 2.65. The van der Waals surface area contributed by atoms with Gasteiger partial charge < -0.3 is 4.90 Å². The van der Waals surface area contributed by atoms with E-state index in [0.29, 0.717) is 12.5 Å². The number of carbonyl (C=O) groups excluding carboxylic acids is 1. The van der Waals surface area contributed by atoms with Gasteiger partial charge in [-0.2, -0.15) is 5.10 Å². The van der Waals surface area contributed by atoms with Crippen LogP contribution in [0, 0.1) is 19.8 Å². The van der Waals surface area contributed by atoms with Gasteiger partial charge in [0.15, 0.2) is 0 Å². The largest absolute Gasteiger partial charge is 0.342 e. The molecule has 3 aromatic rings. The number of aryl methyl sites for hydroxylation is 2. The minimum Gasteiger partial charge on any atom is -0.342 e. The summed E-state index contributed by atoms with van der Waals surface area (Å²) in [5.74, 6) is 1.62. The van der Waals surface area contributed by atoms with Gasteiger partial charge in [0.25, 0.3) is 0 Å². The number of imidazole rings is 1. The number of carbonyl (C=O) groups is 1. The van der Waals surface area contributed by atoms with E-state index < -0.39 is 0 Å². The molecule has 4 heterocycles. The normalized spacial score (nSPS) is 17.1. The van der Waals surface area contributed by atoms with Crippen LogP contribution in [0.15, 0.2) is 18.0 Å². The summed E-state index contributed by atoms with van der Waals surface area (Å²) < 4.78 is 3.97. The monoisotopic (exact) mass is 372 g/mol. The topological polar surface area (TPSA) is 68.3 Å². The molecule has 0 spiro atoms. The van der Waals surface area contributed by atoms with E-state index in [4.69, 9.17) is 4.98 Å². The zero-order chi connectivity index (χ0) is 18.3. The zero-order valence-corrected chi connectivity index (χ0v) is 16.2. The highest BCUT2D eigenvalue weighted by atomic mass is 32.1. The van der Waals surface area contributed by atoms with Crippen LogP contribution >= 0.6 is 11.3 Å². The second-order valence-electron chi connectivity index (χ2n) is 7.18. The maximum atomic E-state index is 12.7. The van der Waals surface area contributed by atoms with Crippen molar-refractivity contribution in [1.29, 1.82) is 0 Å². The summed E-state index contributed by atoms with van der Waals surface area (Å²) in [6.45, 7) is 8.34. The van der Waals surface area contributed by atoms with Crippen LogP contribution in [-0.2, 0) is 11.3 Å². The number of hydrogen-bond donors (Lipinski definition) is 0. The van der Waals surface area contributed by atoms with Crippen LogP contribution in [0.5, 0.6) is 0 Å². The average molecular weight is 372 g/mol. The van der Waals surface area contributed by atoms with Gasteiger partial charge in [-0.15, -0.1) is 11.3 Å². The quantitative estimate of drug-likeness (QED) is 0.706. The summed E-state index contributed by atoms with van der Waals surface area (Å²) in [5, 5.41) is 6.29. The van der Waals surface area contributed by atoms with Crippen molar-refractivity contribution < 1.29 is 4.79 Å². The Balaban J connectivity index is 1.41. The molecule has 0 aliphatic carbocycles. The first-order valence-electron chi connectivity index (χ1n) is 9.09. The average Bonchev–Trinajstić information content (AvgIpc) is 3.35. The smallest absolute Gasteiger partial charge is 0.227 e. The molecule has 0 radical (unpaired) electrons. The number of amides is 1. The number of rotatable bonds is 4. The molecule has 0 N–H and O–H groups in total. The molecule has 1 atom stereocenters. The molecule has 0 bridgehead atoms. The summed E-state index contributed by atoms with van der Waals surface area (Å²) >= 11 is 1.77. The van der Waals surface area contributed by atoms with E-state index in [-0.39, 0.29) is 11.8 Å². The van der Waals surface area contributed by atoms with Crippen LogP contribution in [0.2, 0.25) is 0 Å². The third-order valence-corrected chi connectivity index (χ3v) is 6.34. The van der Waals surface area contributed by atoms with Gasteiger partial charge in [0.1, 0.15) is 23.3 Å². The van der Waals surface area contributed by atoms with Gasteiger partial charge in [-0.25, -0.2) is 9.97 Å². The minimum absolute atomic E-state index is 0.0882. The van der Waals surface area contributed by atoms with Crippen LogP contribution in [0.25, 0.3) is 4.83 Å². The second-order valence-corrected chi connectivity index (χ2v) is 8.04. The molecule has 138 valence electrons. The fourth-order valence-electron chi connectivity index (χ4n) is 3.89. The van der Waals surface area contributed by atoms with E-state index in [1.165, 1.54) is 22.5 Å². The van der Waals surface area contributed by atoms with E-state index in [1.807, 2.05) is 11.8 Å². The molecule has 1 aliphatic rings. The van der Waals surface area contributed by atoms with Gasteiger partial charge in [0.2, 0.25) is 5.91 Å². The lowest BCUT2D eigenvalue weighted by Crippen LogP contribution is -2.41. The molecule has 1 aliphatic heterocycles. The van der Waals surface area contributed by atoms with E-state index in [2.05, 4.69) is 33.7 Å². The zero-order valence-electron chi connectivity index (χ0n) is 15.4. The molecule has 26 heavy (non-hydrogen) atoms. The molecule has 1 saturated heterocycles. The highest BCUT2D eigenvalue weighted by Gasteiger charge is 2.29. The minimum atomic E-state index is -0.0882. The summed E-state index contributed by atoms with van der Waals surface area (Å²) in [6, 6.07) is 0.